The number of carbonyl (C=O) groups is 1. The van der Waals surface area contributed by atoms with Crippen molar-refractivity contribution in [1.29, 1.82) is 0 Å². The van der Waals surface area contributed by atoms with E-state index in [1.807, 2.05) is 12.3 Å². The van der Waals surface area contributed by atoms with Gasteiger partial charge in [0.1, 0.15) is 0 Å². The number of hydrogen-bond donors (Lipinski definition) is 1. The quantitative estimate of drug-likeness (QED) is 0.922. The van der Waals surface area contributed by atoms with Crippen molar-refractivity contribution in [2.75, 3.05) is 24.5 Å². The van der Waals surface area contributed by atoms with Gasteiger partial charge in [0, 0.05) is 59.9 Å². The Kier molecular flexibility index (Phi) is 3.49. The number of likely N-dealkylation sites (tertiary alicyclic amines) is 1. The van der Waals surface area contributed by atoms with Crippen LogP contribution in [0.2, 0.25) is 5.02 Å². The van der Waals surface area contributed by atoms with Gasteiger partial charge in [-0.1, -0.05) is 11.6 Å². The van der Waals surface area contributed by atoms with Crippen molar-refractivity contribution in [3.05, 3.63) is 29.4 Å². The van der Waals surface area contributed by atoms with E-state index in [4.69, 9.17) is 11.6 Å². The fraction of sp³-hybridized carbons (Fsp3) is 0.471. The lowest BCUT2D eigenvalue weighted by Gasteiger charge is -2.38. The van der Waals surface area contributed by atoms with E-state index in [1.54, 1.807) is 0 Å². The van der Waals surface area contributed by atoms with Crippen LogP contribution in [0.25, 0.3) is 10.9 Å². The third-order valence-corrected chi connectivity index (χ3v) is 5.19. The van der Waals surface area contributed by atoms with Crippen molar-refractivity contribution in [3.63, 3.8) is 0 Å². The van der Waals surface area contributed by atoms with Crippen molar-refractivity contribution in [2.45, 2.75) is 31.7 Å². The summed E-state index contributed by atoms with van der Waals surface area (Å²) in [6.45, 7) is 2.91. The summed E-state index contributed by atoms with van der Waals surface area (Å²) < 4.78 is 0. The summed E-state index contributed by atoms with van der Waals surface area (Å²) >= 11 is 6.25. The van der Waals surface area contributed by atoms with E-state index in [1.165, 1.54) is 11.1 Å². The fourth-order valence-electron chi connectivity index (χ4n) is 3.85. The zero-order valence-corrected chi connectivity index (χ0v) is 13.3. The molecule has 0 spiro atoms. The molecule has 0 radical (unpaired) electrons. The van der Waals surface area contributed by atoms with Gasteiger partial charge in [-0.25, -0.2) is 0 Å². The van der Waals surface area contributed by atoms with Crippen molar-refractivity contribution < 1.29 is 4.79 Å². The molecule has 0 saturated carbocycles. The number of aromatic nitrogens is 1. The number of hydrogen-bond acceptors (Lipinski definition) is 2. The first kappa shape index (κ1) is 13.9. The summed E-state index contributed by atoms with van der Waals surface area (Å²) in [5.74, 6) is 0.342. The van der Waals surface area contributed by atoms with Crippen molar-refractivity contribution >= 4 is 34.1 Å². The van der Waals surface area contributed by atoms with Gasteiger partial charge in [0.05, 0.1) is 0 Å². The molecule has 1 aromatic carbocycles. The number of carbonyl (C=O) groups excluding carboxylic acids is 1. The Morgan fingerprint density at radius 3 is 2.73 bits per heavy atom. The highest BCUT2D eigenvalue weighted by Gasteiger charge is 2.31. The van der Waals surface area contributed by atoms with E-state index >= 15 is 0 Å². The minimum atomic E-state index is 0.342. The molecule has 0 bridgehead atoms. The number of benzene rings is 1. The molecule has 1 amide bonds. The molecule has 3 heterocycles. The summed E-state index contributed by atoms with van der Waals surface area (Å²) in [4.78, 5) is 19.6. The first-order valence-corrected chi connectivity index (χ1v) is 8.41. The topological polar surface area (TPSA) is 39.3 Å². The predicted octanol–water partition coefficient (Wildman–Crippen LogP) is 3.41. The lowest BCUT2D eigenvalue weighted by Crippen LogP contribution is -2.45. The second kappa shape index (κ2) is 5.51. The number of amides is 1. The number of aromatic amines is 1. The molecule has 2 fully saturated rings. The molecular weight excluding hydrogens is 298 g/mol. The number of nitrogens with one attached hydrogen (secondary N) is 1. The van der Waals surface area contributed by atoms with Crippen molar-refractivity contribution in [2.24, 2.45) is 0 Å². The standard InChI is InChI=1S/C17H20ClN3O/c18-12-10-15-14(3-6-19-15)16(11-12)20-8-4-13(5-9-20)21-7-1-2-17(21)22/h3,6,10-11,13,19H,1-2,4-5,7-9H2. The zero-order valence-electron chi connectivity index (χ0n) is 12.5. The van der Waals surface area contributed by atoms with Crippen LogP contribution in [-0.2, 0) is 4.79 Å². The third-order valence-electron chi connectivity index (χ3n) is 4.97. The lowest BCUT2D eigenvalue weighted by atomic mass is 10.0. The lowest BCUT2D eigenvalue weighted by molar-refractivity contribution is -0.130. The first-order valence-electron chi connectivity index (χ1n) is 8.03. The summed E-state index contributed by atoms with van der Waals surface area (Å²) in [6.07, 6.45) is 5.81. The maximum absolute atomic E-state index is 11.9. The minimum Gasteiger partial charge on any atom is -0.371 e. The summed E-state index contributed by atoms with van der Waals surface area (Å²) in [6, 6.07) is 6.55. The number of piperidine rings is 1. The van der Waals surface area contributed by atoms with Gasteiger partial charge in [0.25, 0.3) is 0 Å². The van der Waals surface area contributed by atoms with Crippen LogP contribution in [0.4, 0.5) is 5.69 Å². The van der Waals surface area contributed by atoms with Crippen LogP contribution in [0.1, 0.15) is 25.7 Å². The van der Waals surface area contributed by atoms with Crippen LogP contribution in [-0.4, -0.2) is 41.5 Å². The number of fused-ring (bicyclic) bond motifs is 1. The van der Waals surface area contributed by atoms with E-state index in [9.17, 15) is 4.79 Å². The molecule has 2 saturated heterocycles. The number of halogens is 1. The van der Waals surface area contributed by atoms with Gasteiger partial charge in [-0.05, 0) is 37.5 Å². The molecule has 0 aliphatic carbocycles. The zero-order chi connectivity index (χ0) is 15.1. The Balaban J connectivity index is 1.53. The van der Waals surface area contributed by atoms with Gasteiger partial charge in [-0.2, -0.15) is 0 Å². The van der Waals surface area contributed by atoms with Crippen LogP contribution in [0.3, 0.4) is 0 Å². The second-order valence-corrected chi connectivity index (χ2v) is 6.71. The van der Waals surface area contributed by atoms with Gasteiger partial charge < -0.3 is 14.8 Å². The molecule has 2 aliphatic heterocycles. The van der Waals surface area contributed by atoms with E-state index < -0.39 is 0 Å². The molecule has 5 heteroatoms. The van der Waals surface area contributed by atoms with Crippen LogP contribution >= 0.6 is 11.6 Å². The molecular formula is C17H20ClN3O. The Bertz CT molecular complexity index is 703. The Morgan fingerprint density at radius 2 is 2.00 bits per heavy atom. The molecule has 4 rings (SSSR count). The summed E-state index contributed by atoms with van der Waals surface area (Å²) in [7, 11) is 0. The molecule has 0 atom stereocenters. The number of rotatable bonds is 2. The van der Waals surface area contributed by atoms with Crippen LogP contribution < -0.4 is 4.90 Å². The van der Waals surface area contributed by atoms with E-state index in [2.05, 4.69) is 26.9 Å². The molecule has 116 valence electrons. The number of anilines is 1. The molecule has 0 unspecified atom stereocenters. The average Bonchev–Trinajstić information content (AvgIpc) is 3.15. The smallest absolute Gasteiger partial charge is 0.222 e. The molecule has 22 heavy (non-hydrogen) atoms. The SMILES string of the molecule is O=C1CCCN1C1CCN(c2cc(Cl)cc3[nH]ccc23)CC1. The van der Waals surface area contributed by atoms with Gasteiger partial charge in [0.15, 0.2) is 0 Å². The summed E-state index contributed by atoms with van der Waals surface area (Å²) in [5, 5.41) is 1.99. The van der Waals surface area contributed by atoms with Gasteiger partial charge in [-0.3, -0.25) is 4.79 Å². The Labute approximate surface area is 135 Å². The third kappa shape index (κ3) is 2.35. The Hall–Kier alpha value is -1.68. The maximum Gasteiger partial charge on any atom is 0.222 e. The molecule has 2 aromatic rings. The Morgan fingerprint density at radius 1 is 1.18 bits per heavy atom. The van der Waals surface area contributed by atoms with Gasteiger partial charge >= 0.3 is 0 Å². The summed E-state index contributed by atoms with van der Waals surface area (Å²) in [5.41, 5.74) is 2.29. The van der Waals surface area contributed by atoms with E-state index in [0.717, 1.165) is 55.9 Å². The molecule has 2 aliphatic rings. The highest BCUT2D eigenvalue weighted by Crippen LogP contribution is 2.33. The normalized spacial score (nSPS) is 20.3. The first-order chi connectivity index (χ1) is 10.7. The van der Waals surface area contributed by atoms with Crippen LogP contribution in [0, 0.1) is 0 Å². The fourth-order valence-corrected chi connectivity index (χ4v) is 4.06. The number of H-pyrrole nitrogens is 1. The predicted molar refractivity (Wildman–Crippen MR) is 89.5 cm³/mol. The van der Waals surface area contributed by atoms with Crippen LogP contribution in [0.15, 0.2) is 24.4 Å². The molecule has 1 N–H and O–H groups in total. The molecule has 4 nitrogen and oxygen atoms in total. The second-order valence-electron chi connectivity index (χ2n) is 6.27. The van der Waals surface area contributed by atoms with Crippen molar-refractivity contribution in [3.8, 4) is 0 Å². The highest BCUT2D eigenvalue weighted by molar-refractivity contribution is 6.31. The van der Waals surface area contributed by atoms with Crippen molar-refractivity contribution in [1.82, 2.24) is 9.88 Å². The highest BCUT2D eigenvalue weighted by atomic mass is 35.5. The van der Waals surface area contributed by atoms with Gasteiger partial charge in [0.2, 0.25) is 5.91 Å². The molecule has 1 aromatic heterocycles. The van der Waals surface area contributed by atoms with E-state index in [0.29, 0.717) is 11.9 Å². The monoisotopic (exact) mass is 317 g/mol. The maximum atomic E-state index is 11.9. The van der Waals surface area contributed by atoms with E-state index in [-0.39, 0.29) is 0 Å². The van der Waals surface area contributed by atoms with Crippen LogP contribution in [0.5, 0.6) is 0 Å². The van der Waals surface area contributed by atoms with Gasteiger partial charge in [-0.15, -0.1) is 0 Å². The largest absolute Gasteiger partial charge is 0.371 e. The minimum absolute atomic E-state index is 0.342. The number of nitrogens with zero attached hydrogens (tertiary/aromatic N) is 2. The average molecular weight is 318 g/mol.